The van der Waals surface area contributed by atoms with Gasteiger partial charge in [0.25, 0.3) is 5.54 Å². The van der Waals surface area contributed by atoms with Crippen molar-refractivity contribution in [3.8, 4) is 11.9 Å². The molecule has 0 saturated carbocycles. The highest BCUT2D eigenvalue weighted by molar-refractivity contribution is 5.73. The number of aryl methyl sites for hydroxylation is 3. The molecule has 0 radical (unpaired) electrons. The fourth-order valence-corrected chi connectivity index (χ4v) is 5.27. The minimum Gasteiger partial charge on any atom is -0.481 e. The van der Waals surface area contributed by atoms with Crippen molar-refractivity contribution in [2.45, 2.75) is 95.7 Å². The molecule has 10 nitrogen and oxygen atoms in total. The van der Waals surface area contributed by atoms with Crippen molar-refractivity contribution < 1.29 is 37.7 Å². The quantitative estimate of drug-likeness (QED) is 0.215. The van der Waals surface area contributed by atoms with Crippen LogP contribution in [0, 0.1) is 17.9 Å². The summed E-state index contributed by atoms with van der Waals surface area (Å²) in [5.74, 6) is -3.46. The number of fused-ring (bicyclic) bond motifs is 1. The van der Waals surface area contributed by atoms with Crippen LogP contribution in [0.2, 0.25) is 0 Å². The lowest BCUT2D eigenvalue weighted by atomic mass is 9.79. The SMILES string of the molecule is O=C(O)C(F)(F)F.[C-]#[N+]C(C)(C)c1cc(C(CC(=O)O)Cc2cc(OCCc3ccc4c(n3)CCCC4)n(C)n2)cc(C(C)(C)C#N)c1. The second-order valence-electron chi connectivity index (χ2n) is 12.9. The zero-order valence-electron chi connectivity index (χ0n) is 27.7. The summed E-state index contributed by atoms with van der Waals surface area (Å²) in [5, 5.41) is 31.3. The molecule has 2 aromatic heterocycles. The van der Waals surface area contributed by atoms with Crippen LogP contribution in [-0.4, -0.2) is 49.7 Å². The van der Waals surface area contributed by atoms with Crippen molar-refractivity contribution >= 4 is 11.9 Å². The Balaban J connectivity index is 0.000000804. The summed E-state index contributed by atoms with van der Waals surface area (Å²) in [6, 6.07) is 14.2. The number of pyridine rings is 1. The Morgan fingerprint density at radius 2 is 1.71 bits per heavy atom. The number of carboxylic acid groups (broad SMARTS) is 2. The van der Waals surface area contributed by atoms with Crippen LogP contribution in [0.5, 0.6) is 5.88 Å². The lowest BCUT2D eigenvalue weighted by Gasteiger charge is -2.24. The molecule has 0 fully saturated rings. The highest BCUT2D eigenvalue weighted by atomic mass is 19.4. The first-order valence-corrected chi connectivity index (χ1v) is 15.5. The van der Waals surface area contributed by atoms with Gasteiger partial charge in [-0.2, -0.15) is 23.5 Å². The van der Waals surface area contributed by atoms with Crippen LogP contribution in [-0.2, 0) is 53.3 Å². The number of ether oxygens (including phenoxy) is 1. The van der Waals surface area contributed by atoms with Crippen molar-refractivity contribution in [1.29, 1.82) is 5.26 Å². The summed E-state index contributed by atoms with van der Waals surface area (Å²) in [6.07, 6.45) is 0.460. The molecule has 1 unspecified atom stereocenters. The van der Waals surface area contributed by atoms with Crippen molar-refractivity contribution in [3.63, 3.8) is 0 Å². The van der Waals surface area contributed by atoms with Crippen molar-refractivity contribution in [2.75, 3.05) is 6.61 Å². The fraction of sp³-hybridized carbons (Fsp3) is 0.486. The standard InChI is InChI=1S/C33H39N5O3.C2HF3O2/c1-32(2,21-34)25-15-23(16-26(19-25)33(3,4)35-5)24(18-31(39)40)17-28-20-30(38(6)37-28)41-14-13-27-12-11-22-9-7-8-10-29(22)36-27;3-2(4,5)1(6)7/h11-12,15-16,19-20,24H,7-10,13-14,17-18H2,1-4,6H3,(H,39,40);(H,6,7). The van der Waals surface area contributed by atoms with E-state index < -0.39 is 35.0 Å². The third-order valence-electron chi connectivity index (χ3n) is 8.26. The van der Waals surface area contributed by atoms with Gasteiger partial charge in [0.05, 0.1) is 30.2 Å². The van der Waals surface area contributed by atoms with Crippen LogP contribution in [0.25, 0.3) is 4.85 Å². The van der Waals surface area contributed by atoms with E-state index in [1.54, 1.807) is 4.68 Å². The molecule has 4 rings (SSSR count). The largest absolute Gasteiger partial charge is 0.490 e. The maximum absolute atomic E-state index is 11.9. The summed E-state index contributed by atoms with van der Waals surface area (Å²) >= 11 is 0. The van der Waals surface area contributed by atoms with Gasteiger partial charge in [0.1, 0.15) is 0 Å². The predicted octanol–water partition coefficient (Wildman–Crippen LogP) is 6.71. The first-order chi connectivity index (χ1) is 22.4. The molecule has 1 aromatic carbocycles. The molecule has 2 N–H and O–H groups in total. The van der Waals surface area contributed by atoms with Gasteiger partial charge >= 0.3 is 18.1 Å². The van der Waals surface area contributed by atoms with Gasteiger partial charge in [0.2, 0.25) is 5.88 Å². The average molecular weight is 668 g/mol. The molecule has 0 aliphatic heterocycles. The van der Waals surface area contributed by atoms with Gasteiger partial charge in [-0.15, -0.1) is 0 Å². The Morgan fingerprint density at radius 1 is 1.06 bits per heavy atom. The highest BCUT2D eigenvalue weighted by Crippen LogP contribution is 2.36. The Hall–Kier alpha value is -4.91. The molecular weight excluding hydrogens is 627 g/mol. The van der Waals surface area contributed by atoms with E-state index in [-0.39, 0.29) is 6.42 Å². The third kappa shape index (κ3) is 10.0. The van der Waals surface area contributed by atoms with E-state index in [9.17, 15) is 28.3 Å². The highest BCUT2D eigenvalue weighted by Gasteiger charge is 2.38. The molecule has 13 heteroatoms. The van der Waals surface area contributed by atoms with E-state index in [1.165, 1.54) is 24.1 Å². The Kier molecular flexibility index (Phi) is 12.0. The fourth-order valence-electron chi connectivity index (χ4n) is 5.27. The first-order valence-electron chi connectivity index (χ1n) is 15.5. The Morgan fingerprint density at radius 3 is 2.31 bits per heavy atom. The molecule has 1 aliphatic rings. The van der Waals surface area contributed by atoms with Gasteiger partial charge in [-0.3, -0.25) is 9.78 Å². The van der Waals surface area contributed by atoms with Crippen LogP contribution in [0.1, 0.15) is 92.2 Å². The summed E-state index contributed by atoms with van der Waals surface area (Å²) in [4.78, 5) is 29.4. The lowest BCUT2D eigenvalue weighted by molar-refractivity contribution is -0.192. The average Bonchev–Trinajstić information content (AvgIpc) is 3.38. The van der Waals surface area contributed by atoms with Crippen LogP contribution in [0.4, 0.5) is 13.2 Å². The first kappa shape index (κ1) is 37.5. The molecule has 3 aromatic rings. The minimum absolute atomic E-state index is 0.106. The molecule has 1 atom stereocenters. The van der Waals surface area contributed by atoms with Crippen molar-refractivity contribution in [1.82, 2.24) is 14.8 Å². The topological polar surface area (TPSA) is 143 Å². The number of rotatable bonds is 11. The van der Waals surface area contributed by atoms with E-state index >= 15 is 0 Å². The Labute approximate surface area is 278 Å². The van der Waals surface area contributed by atoms with Crippen LogP contribution < -0.4 is 4.74 Å². The molecular formula is C35H40F3N5O5. The summed E-state index contributed by atoms with van der Waals surface area (Å²) in [5.41, 5.74) is 5.01. The zero-order chi connectivity index (χ0) is 35.9. The second kappa shape index (κ2) is 15.3. The van der Waals surface area contributed by atoms with E-state index in [1.807, 2.05) is 59.0 Å². The van der Waals surface area contributed by atoms with Gasteiger partial charge < -0.3 is 19.8 Å². The van der Waals surface area contributed by atoms with E-state index in [0.717, 1.165) is 40.9 Å². The van der Waals surface area contributed by atoms with E-state index in [4.69, 9.17) is 26.2 Å². The molecule has 0 bridgehead atoms. The number of carboxylic acids is 2. The predicted molar refractivity (Wildman–Crippen MR) is 170 cm³/mol. The molecule has 48 heavy (non-hydrogen) atoms. The van der Waals surface area contributed by atoms with Crippen LogP contribution in [0.3, 0.4) is 0 Å². The molecule has 0 amide bonds. The molecule has 0 saturated heterocycles. The van der Waals surface area contributed by atoms with Crippen LogP contribution in [0.15, 0.2) is 36.4 Å². The molecule has 2 heterocycles. The minimum atomic E-state index is -5.08. The number of halogens is 3. The summed E-state index contributed by atoms with van der Waals surface area (Å²) < 4.78 is 39.5. The van der Waals surface area contributed by atoms with Gasteiger partial charge in [0, 0.05) is 50.3 Å². The number of benzene rings is 1. The number of nitrogens with zero attached hydrogens (tertiary/aromatic N) is 5. The lowest BCUT2D eigenvalue weighted by Crippen LogP contribution is -2.21. The Bertz CT molecular complexity index is 1670. The van der Waals surface area contributed by atoms with Gasteiger partial charge in [0.15, 0.2) is 0 Å². The summed E-state index contributed by atoms with van der Waals surface area (Å²) in [7, 11) is 1.81. The van der Waals surface area contributed by atoms with E-state index in [0.29, 0.717) is 25.3 Å². The maximum Gasteiger partial charge on any atom is 0.490 e. The molecule has 1 aliphatic carbocycles. The van der Waals surface area contributed by atoms with Gasteiger partial charge in [-0.05, 0) is 86.8 Å². The normalized spacial score (nSPS) is 13.6. The maximum atomic E-state index is 11.9. The monoisotopic (exact) mass is 667 g/mol. The molecule has 0 spiro atoms. The van der Waals surface area contributed by atoms with Crippen molar-refractivity contribution in [2.24, 2.45) is 7.05 Å². The number of carbonyl (C=O) groups is 2. The number of nitriles is 1. The number of hydrogen-bond donors (Lipinski definition) is 2. The number of hydrogen-bond acceptors (Lipinski definition) is 6. The zero-order valence-corrected chi connectivity index (χ0v) is 27.7. The number of alkyl halides is 3. The van der Waals surface area contributed by atoms with E-state index in [2.05, 4.69) is 28.1 Å². The van der Waals surface area contributed by atoms with Crippen LogP contribution >= 0.6 is 0 Å². The third-order valence-corrected chi connectivity index (χ3v) is 8.26. The smallest absolute Gasteiger partial charge is 0.481 e. The number of aliphatic carboxylic acids is 2. The number of aromatic nitrogens is 3. The molecule has 256 valence electrons. The van der Waals surface area contributed by atoms with Gasteiger partial charge in [-0.1, -0.05) is 12.1 Å². The second-order valence-corrected chi connectivity index (χ2v) is 12.9. The summed E-state index contributed by atoms with van der Waals surface area (Å²) in [6.45, 7) is 15.5. The van der Waals surface area contributed by atoms with Gasteiger partial charge in [-0.25, -0.2) is 16.0 Å². The van der Waals surface area contributed by atoms with Crippen molar-refractivity contribution in [3.05, 3.63) is 87.2 Å².